The first-order valence-electron chi connectivity index (χ1n) is 13.1. The molecule has 3 aromatic rings. The molecule has 9 nitrogen and oxygen atoms in total. The van der Waals surface area contributed by atoms with Crippen molar-refractivity contribution in [2.45, 2.75) is 60.0 Å². The van der Waals surface area contributed by atoms with Gasteiger partial charge in [0.2, 0.25) is 0 Å². The van der Waals surface area contributed by atoms with Crippen molar-refractivity contribution in [1.82, 2.24) is 24.6 Å². The van der Waals surface area contributed by atoms with E-state index in [1.807, 2.05) is 44.3 Å². The third-order valence-electron chi connectivity index (χ3n) is 6.31. The molecule has 0 amide bonds. The summed E-state index contributed by atoms with van der Waals surface area (Å²) in [5.74, 6) is 0.857. The van der Waals surface area contributed by atoms with Gasteiger partial charge in [-0.25, -0.2) is 14.3 Å². The third kappa shape index (κ3) is 7.20. The highest BCUT2D eigenvalue weighted by molar-refractivity contribution is 5.60. The van der Waals surface area contributed by atoms with Gasteiger partial charge in [0.15, 0.2) is 5.65 Å². The fourth-order valence-electron chi connectivity index (χ4n) is 4.49. The van der Waals surface area contributed by atoms with E-state index in [2.05, 4.69) is 36.9 Å². The Morgan fingerprint density at radius 3 is 2.41 bits per heavy atom. The van der Waals surface area contributed by atoms with Crippen molar-refractivity contribution in [3.8, 4) is 5.75 Å². The molecule has 2 aromatic heterocycles. The van der Waals surface area contributed by atoms with Crippen molar-refractivity contribution >= 4 is 11.8 Å². The number of hydrogen-bond acceptors (Lipinski definition) is 8. The minimum atomic E-state index is -0.651. The normalized spacial score (nSPS) is 15.2. The Kier molecular flexibility index (Phi) is 8.34. The molecule has 3 heterocycles. The van der Waals surface area contributed by atoms with E-state index < -0.39 is 11.8 Å². The Morgan fingerprint density at radius 1 is 1.05 bits per heavy atom. The number of benzene rings is 1. The van der Waals surface area contributed by atoms with Gasteiger partial charge in [-0.1, -0.05) is 19.1 Å². The molecule has 0 unspecified atom stereocenters. The van der Waals surface area contributed by atoms with Crippen molar-refractivity contribution < 1.29 is 19.1 Å². The van der Waals surface area contributed by atoms with E-state index in [0.717, 1.165) is 61.0 Å². The van der Waals surface area contributed by atoms with Gasteiger partial charge >= 0.3 is 6.16 Å². The first-order chi connectivity index (χ1) is 17.6. The average Bonchev–Trinajstić information content (AvgIpc) is 3.17. The highest BCUT2D eigenvalue weighted by Crippen LogP contribution is 2.22. The topological polar surface area (TPSA) is 81.4 Å². The number of hydrogen-bond donors (Lipinski definition) is 0. The molecule has 0 bridgehead atoms. The Bertz CT molecular complexity index is 1210. The van der Waals surface area contributed by atoms with Crippen molar-refractivity contribution in [2.75, 3.05) is 39.3 Å². The molecule has 9 heteroatoms. The zero-order chi connectivity index (χ0) is 26.6. The fourth-order valence-corrected chi connectivity index (χ4v) is 4.49. The lowest BCUT2D eigenvalue weighted by Gasteiger charge is -2.33. The van der Waals surface area contributed by atoms with Crippen LogP contribution in [0.4, 0.5) is 4.79 Å². The molecule has 1 aromatic carbocycles. The van der Waals surface area contributed by atoms with Crippen molar-refractivity contribution in [2.24, 2.45) is 0 Å². The molecule has 4 rings (SSSR count). The molecular weight excluding hydrogens is 470 g/mol. The maximum absolute atomic E-state index is 11.8. The zero-order valence-corrected chi connectivity index (χ0v) is 22.9. The van der Waals surface area contributed by atoms with Gasteiger partial charge in [0, 0.05) is 56.1 Å². The lowest BCUT2D eigenvalue weighted by molar-refractivity contribution is -0.158. The lowest BCUT2D eigenvalue weighted by Crippen LogP contribution is -2.48. The monoisotopic (exact) mass is 509 g/mol. The number of aryl methyl sites for hydroxylation is 3. The van der Waals surface area contributed by atoms with E-state index in [9.17, 15) is 4.79 Å². The van der Waals surface area contributed by atoms with Crippen LogP contribution in [0.1, 0.15) is 55.9 Å². The zero-order valence-electron chi connectivity index (χ0n) is 22.9. The van der Waals surface area contributed by atoms with E-state index in [1.54, 1.807) is 5.06 Å². The molecule has 200 valence electrons. The SMILES string of the molecule is CCc1nn2c(C)cc(C)nc2c1Cc1ccc(OCCN2CCN(OC(=O)OC(C)(C)C)CC2)cc1. The highest BCUT2D eigenvalue weighted by atomic mass is 16.8. The maximum atomic E-state index is 11.8. The van der Waals surface area contributed by atoms with E-state index in [4.69, 9.17) is 24.4 Å². The van der Waals surface area contributed by atoms with Crippen LogP contribution in [0.3, 0.4) is 0 Å². The van der Waals surface area contributed by atoms with Crippen LogP contribution in [0.2, 0.25) is 0 Å². The van der Waals surface area contributed by atoms with Crippen LogP contribution in [-0.4, -0.2) is 75.6 Å². The number of fused-ring (bicyclic) bond motifs is 1. The average molecular weight is 510 g/mol. The Hall–Kier alpha value is -3.17. The number of carbonyl (C=O) groups is 1. The summed E-state index contributed by atoms with van der Waals surface area (Å²) in [6.45, 7) is 16.0. The van der Waals surface area contributed by atoms with Gasteiger partial charge in [-0.2, -0.15) is 5.10 Å². The van der Waals surface area contributed by atoms with Crippen LogP contribution in [-0.2, 0) is 22.4 Å². The summed E-state index contributed by atoms with van der Waals surface area (Å²) in [5.41, 5.74) is 6.00. The summed E-state index contributed by atoms with van der Waals surface area (Å²) in [4.78, 5) is 24.2. The van der Waals surface area contributed by atoms with Crippen molar-refractivity contribution in [1.29, 1.82) is 0 Å². The van der Waals surface area contributed by atoms with Gasteiger partial charge in [0.1, 0.15) is 18.0 Å². The molecule has 0 atom stereocenters. The van der Waals surface area contributed by atoms with E-state index in [-0.39, 0.29) is 0 Å². The molecule has 0 N–H and O–H groups in total. The number of hydroxylamine groups is 2. The second-order valence-electron chi connectivity index (χ2n) is 10.5. The summed E-state index contributed by atoms with van der Waals surface area (Å²) < 4.78 is 13.2. The van der Waals surface area contributed by atoms with Crippen molar-refractivity contribution in [3.63, 3.8) is 0 Å². The Balaban J connectivity index is 1.24. The van der Waals surface area contributed by atoms with Crippen LogP contribution < -0.4 is 4.74 Å². The smallest absolute Gasteiger partial charge is 0.492 e. The van der Waals surface area contributed by atoms with Gasteiger partial charge in [0.25, 0.3) is 0 Å². The molecule has 1 saturated heterocycles. The predicted molar refractivity (Wildman–Crippen MR) is 142 cm³/mol. The van der Waals surface area contributed by atoms with Gasteiger partial charge in [-0.05, 0) is 64.8 Å². The third-order valence-corrected chi connectivity index (χ3v) is 6.31. The Morgan fingerprint density at radius 2 is 1.76 bits per heavy atom. The van der Waals surface area contributed by atoms with E-state index in [1.165, 1.54) is 11.1 Å². The highest BCUT2D eigenvalue weighted by Gasteiger charge is 2.24. The molecule has 37 heavy (non-hydrogen) atoms. The minimum absolute atomic E-state index is 0.559. The number of aromatic nitrogens is 3. The second kappa shape index (κ2) is 11.5. The molecule has 0 aliphatic carbocycles. The van der Waals surface area contributed by atoms with Gasteiger partial charge < -0.3 is 14.3 Å². The van der Waals surface area contributed by atoms with Crippen molar-refractivity contribution in [3.05, 3.63) is 58.5 Å². The molecule has 1 fully saturated rings. The largest absolute Gasteiger partial charge is 0.528 e. The molecule has 0 spiro atoms. The Labute approximate surface area is 219 Å². The molecule has 0 saturated carbocycles. The number of piperazine rings is 1. The number of ether oxygens (including phenoxy) is 2. The molecule has 1 aliphatic heterocycles. The standard InChI is InChI=1S/C28H39N5O4/c1-7-25-24(26-29-20(2)18-21(3)33(26)30-25)19-22-8-10-23(11-9-22)35-17-16-31-12-14-32(15-13-31)37-27(34)36-28(4,5)6/h8-11,18H,7,12-17,19H2,1-6H3. The fraction of sp³-hybridized carbons (Fsp3) is 0.536. The number of carbonyl (C=O) groups excluding carboxylic acids is 1. The number of rotatable bonds is 8. The van der Waals surface area contributed by atoms with E-state index in [0.29, 0.717) is 19.7 Å². The van der Waals surface area contributed by atoms with Gasteiger partial charge in [-0.15, -0.1) is 5.06 Å². The maximum Gasteiger partial charge on any atom is 0.528 e. The van der Waals surface area contributed by atoms with Crippen LogP contribution in [0.5, 0.6) is 5.75 Å². The molecule has 1 aliphatic rings. The van der Waals surface area contributed by atoms with Gasteiger partial charge in [0.05, 0.1) is 5.69 Å². The molecular formula is C28H39N5O4. The first-order valence-corrected chi connectivity index (χ1v) is 13.1. The summed E-state index contributed by atoms with van der Waals surface area (Å²) in [6.07, 6.45) is 1.01. The van der Waals surface area contributed by atoms with Crippen LogP contribution in [0, 0.1) is 13.8 Å². The lowest BCUT2D eigenvalue weighted by atomic mass is 10.0. The number of nitrogens with zero attached hydrogens (tertiary/aromatic N) is 5. The first kappa shape index (κ1) is 26.9. The summed E-state index contributed by atoms with van der Waals surface area (Å²) in [7, 11) is 0. The summed E-state index contributed by atoms with van der Waals surface area (Å²) >= 11 is 0. The van der Waals surface area contributed by atoms with Crippen LogP contribution in [0.25, 0.3) is 5.65 Å². The van der Waals surface area contributed by atoms with Crippen LogP contribution in [0.15, 0.2) is 30.3 Å². The predicted octanol–water partition coefficient (Wildman–Crippen LogP) is 4.36. The van der Waals surface area contributed by atoms with Gasteiger partial charge in [-0.3, -0.25) is 4.90 Å². The summed E-state index contributed by atoms with van der Waals surface area (Å²) in [5, 5.41) is 6.46. The summed E-state index contributed by atoms with van der Waals surface area (Å²) in [6, 6.07) is 10.4. The second-order valence-corrected chi connectivity index (χ2v) is 10.5. The van der Waals surface area contributed by atoms with Crippen LogP contribution >= 0.6 is 0 Å². The quantitative estimate of drug-likeness (QED) is 0.414. The molecule has 0 radical (unpaired) electrons. The minimum Gasteiger partial charge on any atom is -0.492 e. The van der Waals surface area contributed by atoms with E-state index >= 15 is 0 Å².